The van der Waals surface area contributed by atoms with Crippen LogP contribution in [0.25, 0.3) is 0 Å². The van der Waals surface area contributed by atoms with Crippen molar-refractivity contribution in [1.29, 1.82) is 0 Å². The SMILES string of the molecule is CC1=C(C(=O)OC[C@H]2CCCO2)[C@@H](c2ccccc2[N+](=O)[O-])n2c(cc(=O)[nH]c2=S)N1. The van der Waals surface area contributed by atoms with E-state index in [9.17, 15) is 19.7 Å². The zero-order valence-corrected chi connectivity index (χ0v) is 17.4. The third-order valence-electron chi connectivity index (χ3n) is 5.30. The summed E-state index contributed by atoms with van der Waals surface area (Å²) in [4.78, 5) is 38.8. The smallest absolute Gasteiger partial charge is 0.338 e. The lowest BCUT2D eigenvalue weighted by molar-refractivity contribution is -0.385. The van der Waals surface area contributed by atoms with Crippen LogP contribution in [0, 0.1) is 14.9 Å². The van der Waals surface area contributed by atoms with E-state index in [2.05, 4.69) is 10.3 Å². The molecule has 0 amide bonds. The van der Waals surface area contributed by atoms with Crippen LogP contribution in [0.3, 0.4) is 0 Å². The van der Waals surface area contributed by atoms with Gasteiger partial charge in [-0.25, -0.2) is 4.79 Å². The van der Waals surface area contributed by atoms with E-state index in [1.807, 2.05) is 0 Å². The number of nitrogens with one attached hydrogen (secondary N) is 2. The van der Waals surface area contributed by atoms with Gasteiger partial charge in [-0.15, -0.1) is 0 Å². The van der Waals surface area contributed by atoms with Crippen LogP contribution in [0.4, 0.5) is 11.5 Å². The number of nitrogens with zero attached hydrogens (tertiary/aromatic N) is 2. The Morgan fingerprint density at radius 1 is 1.42 bits per heavy atom. The van der Waals surface area contributed by atoms with Gasteiger partial charge in [0, 0.05) is 24.4 Å². The maximum Gasteiger partial charge on any atom is 0.338 e. The molecule has 2 aromatic rings. The number of hydrogen-bond acceptors (Lipinski definition) is 8. The molecule has 162 valence electrons. The van der Waals surface area contributed by atoms with E-state index in [0.29, 0.717) is 18.1 Å². The predicted molar refractivity (Wildman–Crippen MR) is 113 cm³/mol. The second kappa shape index (κ2) is 8.44. The van der Waals surface area contributed by atoms with Crippen LogP contribution < -0.4 is 10.9 Å². The van der Waals surface area contributed by atoms with Gasteiger partial charge in [-0.1, -0.05) is 12.1 Å². The topological polar surface area (TPSA) is 128 Å². The van der Waals surface area contributed by atoms with Crippen molar-refractivity contribution in [2.45, 2.75) is 31.9 Å². The number of fused-ring (bicyclic) bond motifs is 1. The molecule has 2 aliphatic rings. The minimum Gasteiger partial charge on any atom is -0.459 e. The Hall–Kier alpha value is -3.31. The molecule has 4 rings (SSSR count). The fourth-order valence-corrected chi connectivity index (χ4v) is 4.22. The van der Waals surface area contributed by atoms with Crippen LogP contribution in [0.1, 0.15) is 31.4 Å². The van der Waals surface area contributed by atoms with Gasteiger partial charge in [0.15, 0.2) is 4.77 Å². The van der Waals surface area contributed by atoms with Crippen molar-refractivity contribution in [1.82, 2.24) is 9.55 Å². The Balaban J connectivity index is 1.84. The summed E-state index contributed by atoms with van der Waals surface area (Å²) in [6.45, 7) is 2.36. The van der Waals surface area contributed by atoms with E-state index in [-0.39, 0.29) is 34.3 Å². The number of anilines is 1. The summed E-state index contributed by atoms with van der Waals surface area (Å²) in [5, 5.41) is 14.7. The van der Waals surface area contributed by atoms with Gasteiger partial charge in [0.05, 0.1) is 22.2 Å². The molecule has 3 heterocycles. The second-order valence-corrected chi connectivity index (χ2v) is 7.70. The highest BCUT2D eigenvalue weighted by Gasteiger charge is 2.37. The Kier molecular flexibility index (Phi) is 5.70. The fraction of sp³-hybridized carbons (Fsp3) is 0.350. The molecule has 0 bridgehead atoms. The number of esters is 1. The first-order chi connectivity index (χ1) is 14.9. The molecule has 0 radical (unpaired) electrons. The largest absolute Gasteiger partial charge is 0.459 e. The van der Waals surface area contributed by atoms with Crippen LogP contribution in [0.2, 0.25) is 0 Å². The molecule has 11 heteroatoms. The van der Waals surface area contributed by atoms with Crippen molar-refractivity contribution < 1.29 is 19.2 Å². The molecule has 2 atom stereocenters. The maximum absolute atomic E-state index is 13.2. The number of aromatic amines is 1. The molecule has 10 nitrogen and oxygen atoms in total. The lowest BCUT2D eigenvalue weighted by atomic mass is 9.93. The van der Waals surface area contributed by atoms with Gasteiger partial charge in [0.1, 0.15) is 18.5 Å². The molecule has 1 aromatic carbocycles. The van der Waals surface area contributed by atoms with E-state index in [4.69, 9.17) is 21.7 Å². The highest BCUT2D eigenvalue weighted by Crippen LogP contribution is 2.39. The third kappa shape index (κ3) is 4.01. The number of para-hydroxylation sites is 1. The summed E-state index contributed by atoms with van der Waals surface area (Å²) in [7, 11) is 0. The van der Waals surface area contributed by atoms with Crippen LogP contribution in [-0.4, -0.2) is 39.8 Å². The first kappa shape index (κ1) is 20.9. The van der Waals surface area contributed by atoms with E-state index >= 15 is 0 Å². The number of allylic oxidation sites excluding steroid dienone is 1. The average molecular weight is 444 g/mol. The van der Waals surface area contributed by atoms with Crippen LogP contribution in [0.15, 0.2) is 46.4 Å². The standard InChI is InChI=1S/C20H20N4O6S/c1-11-17(19(26)30-10-12-5-4-8-29-12)18(13-6-2-3-7-14(13)24(27)28)23-15(21-11)9-16(25)22-20(23)31/h2-3,6-7,9,12,18,21H,4-5,8,10H2,1H3,(H,22,25,31)/t12-,18-/m1/s1. The molecular weight excluding hydrogens is 424 g/mol. The molecule has 2 N–H and O–H groups in total. The van der Waals surface area contributed by atoms with Crippen molar-refractivity contribution >= 4 is 29.7 Å². The Morgan fingerprint density at radius 2 is 2.19 bits per heavy atom. The first-order valence-corrected chi connectivity index (χ1v) is 10.1. The van der Waals surface area contributed by atoms with Gasteiger partial charge in [0.25, 0.3) is 11.2 Å². The van der Waals surface area contributed by atoms with Crippen molar-refractivity contribution in [3.05, 3.63) is 72.4 Å². The van der Waals surface area contributed by atoms with Gasteiger partial charge in [-0.2, -0.15) is 0 Å². The summed E-state index contributed by atoms with van der Waals surface area (Å²) < 4.78 is 12.5. The molecule has 0 aliphatic carbocycles. The summed E-state index contributed by atoms with van der Waals surface area (Å²) in [6.07, 6.45) is 1.53. The van der Waals surface area contributed by atoms with Crippen molar-refractivity contribution in [2.24, 2.45) is 0 Å². The van der Waals surface area contributed by atoms with Gasteiger partial charge in [-0.3, -0.25) is 24.5 Å². The zero-order valence-electron chi connectivity index (χ0n) is 16.6. The number of ether oxygens (including phenoxy) is 2. The number of nitro benzene ring substituents is 1. The number of carbonyl (C=O) groups excluding carboxylic acids is 1. The lowest BCUT2D eigenvalue weighted by Gasteiger charge is -2.31. The predicted octanol–water partition coefficient (Wildman–Crippen LogP) is 2.83. The number of carbonyl (C=O) groups is 1. The molecule has 0 saturated carbocycles. The van der Waals surface area contributed by atoms with Crippen molar-refractivity contribution in [3.8, 4) is 0 Å². The summed E-state index contributed by atoms with van der Waals surface area (Å²) in [6, 6.07) is 6.43. The van der Waals surface area contributed by atoms with Gasteiger partial charge in [0.2, 0.25) is 0 Å². The molecule has 1 aromatic heterocycles. The molecular formula is C20H20N4O6S. The summed E-state index contributed by atoms with van der Waals surface area (Å²) >= 11 is 5.35. The zero-order chi connectivity index (χ0) is 22.1. The number of rotatable bonds is 5. The monoisotopic (exact) mass is 444 g/mol. The number of benzene rings is 1. The van der Waals surface area contributed by atoms with Gasteiger partial charge >= 0.3 is 5.97 Å². The quantitative estimate of drug-likeness (QED) is 0.312. The normalized spacial score (nSPS) is 20.2. The minimum absolute atomic E-state index is 0.0232. The summed E-state index contributed by atoms with van der Waals surface area (Å²) in [5.41, 5.74) is 0.234. The first-order valence-electron chi connectivity index (χ1n) is 9.72. The molecule has 1 fully saturated rings. The highest BCUT2D eigenvalue weighted by molar-refractivity contribution is 7.71. The Bertz CT molecular complexity index is 1190. The molecule has 0 spiro atoms. The van der Waals surface area contributed by atoms with Crippen molar-refractivity contribution in [3.63, 3.8) is 0 Å². The average Bonchev–Trinajstić information content (AvgIpc) is 3.24. The van der Waals surface area contributed by atoms with Crippen LogP contribution >= 0.6 is 12.2 Å². The summed E-state index contributed by atoms with van der Waals surface area (Å²) in [5.74, 6) is -0.313. The molecule has 2 aliphatic heterocycles. The lowest BCUT2D eigenvalue weighted by Crippen LogP contribution is -2.33. The van der Waals surface area contributed by atoms with E-state index in [1.165, 1.54) is 16.7 Å². The van der Waals surface area contributed by atoms with E-state index < -0.39 is 22.5 Å². The Labute approximate surface area is 181 Å². The molecule has 31 heavy (non-hydrogen) atoms. The fourth-order valence-electron chi connectivity index (χ4n) is 3.92. The van der Waals surface area contributed by atoms with Crippen molar-refractivity contribution in [2.75, 3.05) is 18.5 Å². The number of hydrogen-bond donors (Lipinski definition) is 2. The number of H-pyrrole nitrogens is 1. The minimum atomic E-state index is -0.959. The number of nitro groups is 1. The van der Waals surface area contributed by atoms with E-state index in [1.54, 1.807) is 25.1 Å². The highest BCUT2D eigenvalue weighted by atomic mass is 32.1. The van der Waals surface area contributed by atoms with Crippen LogP contribution in [-0.2, 0) is 14.3 Å². The van der Waals surface area contributed by atoms with Gasteiger partial charge < -0.3 is 14.8 Å². The number of aromatic nitrogens is 2. The third-order valence-corrected chi connectivity index (χ3v) is 5.60. The van der Waals surface area contributed by atoms with Gasteiger partial charge in [-0.05, 0) is 38.0 Å². The van der Waals surface area contributed by atoms with Crippen LogP contribution in [0.5, 0.6) is 0 Å². The van der Waals surface area contributed by atoms with E-state index in [0.717, 1.165) is 12.8 Å². The maximum atomic E-state index is 13.2. The molecule has 1 saturated heterocycles. The molecule has 0 unspecified atom stereocenters. The Morgan fingerprint density at radius 3 is 2.90 bits per heavy atom. The second-order valence-electron chi connectivity index (χ2n) is 7.31.